The fourth-order valence-electron chi connectivity index (χ4n) is 4.11. The van der Waals surface area contributed by atoms with Crippen LogP contribution in [-0.4, -0.2) is 50.2 Å². The van der Waals surface area contributed by atoms with Gasteiger partial charge >= 0.3 is 0 Å². The van der Waals surface area contributed by atoms with Crippen LogP contribution in [-0.2, 0) is 21.2 Å². The number of anilines is 2. The maximum absolute atomic E-state index is 14.3. The Kier molecular flexibility index (Phi) is 8.07. The summed E-state index contributed by atoms with van der Waals surface area (Å²) in [6.45, 7) is 5.53. The van der Waals surface area contributed by atoms with Gasteiger partial charge in [-0.15, -0.1) is 0 Å². The molecule has 2 N–H and O–H groups in total. The van der Waals surface area contributed by atoms with E-state index in [1.165, 1.54) is 12.1 Å². The van der Waals surface area contributed by atoms with Gasteiger partial charge in [-0.1, -0.05) is 19.1 Å². The summed E-state index contributed by atoms with van der Waals surface area (Å²) in [5.74, 6) is -0.0306. The molecule has 2 aromatic rings. The van der Waals surface area contributed by atoms with E-state index in [0.717, 1.165) is 49.3 Å². The molecule has 0 saturated carbocycles. The lowest BCUT2D eigenvalue weighted by Crippen LogP contribution is -2.36. The Morgan fingerprint density at radius 1 is 1.27 bits per heavy atom. The third-order valence-electron chi connectivity index (χ3n) is 6.18. The number of hydrogen-bond acceptors (Lipinski definition) is 6. The van der Waals surface area contributed by atoms with E-state index in [-0.39, 0.29) is 24.5 Å². The summed E-state index contributed by atoms with van der Waals surface area (Å²) in [6.07, 6.45) is 3.60. The molecule has 3 rings (SSSR count). The molecule has 9 heteroatoms. The third kappa shape index (κ3) is 6.74. The van der Waals surface area contributed by atoms with Crippen molar-refractivity contribution in [2.75, 3.05) is 35.6 Å². The van der Waals surface area contributed by atoms with Gasteiger partial charge in [-0.25, -0.2) is 17.8 Å². The number of aryl methyl sites for hydroxylation is 2. The number of sulfonamides is 1. The van der Waals surface area contributed by atoms with Gasteiger partial charge in [0.2, 0.25) is 10.0 Å². The smallest absolute Gasteiger partial charge is 0.229 e. The Bertz CT molecular complexity index is 1100. The SMILES string of the molecule is Cc1ccc(CCC(=O)C(C)c2ccc(NS(C)(=O)=O)c(F)c2)c(N2CCC(CO)CC2)n1. The first kappa shape index (κ1) is 25.1. The number of hydrogen-bond donors (Lipinski definition) is 2. The number of pyridine rings is 1. The van der Waals surface area contributed by atoms with Gasteiger partial charge in [0.05, 0.1) is 11.9 Å². The van der Waals surface area contributed by atoms with Crippen LogP contribution in [0.3, 0.4) is 0 Å². The zero-order valence-corrected chi connectivity index (χ0v) is 20.2. The van der Waals surface area contributed by atoms with Crippen LogP contribution in [0.1, 0.15) is 48.9 Å². The number of piperidine rings is 1. The third-order valence-corrected chi connectivity index (χ3v) is 6.77. The summed E-state index contributed by atoms with van der Waals surface area (Å²) in [5.41, 5.74) is 2.28. The molecule has 1 aromatic carbocycles. The Balaban J connectivity index is 1.68. The van der Waals surface area contributed by atoms with Crippen molar-refractivity contribution in [3.05, 3.63) is 53.0 Å². The molecule has 33 heavy (non-hydrogen) atoms. The van der Waals surface area contributed by atoms with Crippen LogP contribution in [0.25, 0.3) is 0 Å². The Hall–Kier alpha value is -2.52. The average Bonchev–Trinajstić information content (AvgIpc) is 2.78. The number of nitrogens with zero attached hydrogens (tertiary/aromatic N) is 2. The molecule has 7 nitrogen and oxygen atoms in total. The van der Waals surface area contributed by atoms with Gasteiger partial charge in [0.25, 0.3) is 0 Å². The van der Waals surface area contributed by atoms with E-state index in [9.17, 15) is 22.7 Å². The molecule has 1 atom stereocenters. The van der Waals surface area contributed by atoms with Crippen molar-refractivity contribution in [1.82, 2.24) is 4.98 Å². The van der Waals surface area contributed by atoms with Gasteiger partial charge in [0, 0.05) is 37.7 Å². The fourth-order valence-corrected chi connectivity index (χ4v) is 4.68. The first-order chi connectivity index (χ1) is 15.6. The number of carbonyl (C=O) groups is 1. The summed E-state index contributed by atoms with van der Waals surface area (Å²) >= 11 is 0. The predicted molar refractivity (Wildman–Crippen MR) is 128 cm³/mol. The van der Waals surface area contributed by atoms with E-state index >= 15 is 0 Å². The van der Waals surface area contributed by atoms with E-state index in [2.05, 4.69) is 9.62 Å². The molecule has 0 amide bonds. The molecular formula is C24H32FN3O4S. The summed E-state index contributed by atoms with van der Waals surface area (Å²) in [4.78, 5) is 19.8. The van der Waals surface area contributed by atoms with Crippen molar-refractivity contribution < 1.29 is 22.7 Å². The lowest BCUT2D eigenvalue weighted by atomic mass is 9.92. The van der Waals surface area contributed by atoms with E-state index in [1.54, 1.807) is 13.0 Å². The first-order valence-electron chi connectivity index (χ1n) is 11.2. The lowest BCUT2D eigenvalue weighted by molar-refractivity contribution is -0.120. The van der Waals surface area contributed by atoms with Crippen molar-refractivity contribution in [3.8, 4) is 0 Å². The number of aliphatic hydroxyl groups excluding tert-OH is 1. The maximum atomic E-state index is 14.3. The Morgan fingerprint density at radius 3 is 2.58 bits per heavy atom. The molecule has 1 unspecified atom stereocenters. The molecule has 1 saturated heterocycles. The number of benzene rings is 1. The van der Waals surface area contributed by atoms with Gasteiger partial charge in [-0.05, 0) is 61.4 Å². The zero-order chi connectivity index (χ0) is 24.2. The maximum Gasteiger partial charge on any atom is 0.229 e. The first-order valence-corrected chi connectivity index (χ1v) is 13.1. The van der Waals surface area contributed by atoms with E-state index < -0.39 is 21.8 Å². The minimum absolute atomic E-state index is 0.0243. The Labute approximate surface area is 195 Å². The molecule has 1 fully saturated rings. The number of rotatable bonds is 9. The van der Waals surface area contributed by atoms with E-state index in [4.69, 9.17) is 4.98 Å². The van der Waals surface area contributed by atoms with Crippen LogP contribution >= 0.6 is 0 Å². The highest BCUT2D eigenvalue weighted by Gasteiger charge is 2.23. The highest BCUT2D eigenvalue weighted by Crippen LogP contribution is 2.28. The number of nitrogens with one attached hydrogen (secondary N) is 1. The standard InChI is InChI=1S/C24H32FN3O4S/c1-16-4-5-19(24(26-16)28-12-10-18(15-29)11-13-28)7-9-23(30)17(2)20-6-8-22(21(25)14-20)27-33(3,31)32/h4-6,8,14,17-18,27,29H,7,9-13,15H2,1-3H3. The van der Waals surface area contributed by atoms with Crippen LogP contribution < -0.4 is 9.62 Å². The minimum atomic E-state index is -3.59. The highest BCUT2D eigenvalue weighted by molar-refractivity contribution is 7.92. The number of aliphatic hydroxyl groups is 1. The van der Waals surface area contributed by atoms with Crippen molar-refractivity contribution in [2.45, 2.75) is 45.4 Å². The van der Waals surface area contributed by atoms with Crippen LogP contribution in [0.4, 0.5) is 15.9 Å². The van der Waals surface area contributed by atoms with Crippen LogP contribution in [0.2, 0.25) is 0 Å². The van der Waals surface area contributed by atoms with Gasteiger partial charge in [0.1, 0.15) is 17.4 Å². The van der Waals surface area contributed by atoms with Crippen molar-refractivity contribution in [2.24, 2.45) is 5.92 Å². The fraction of sp³-hybridized carbons (Fsp3) is 0.500. The molecule has 0 spiro atoms. The van der Waals surface area contributed by atoms with Crippen molar-refractivity contribution in [1.29, 1.82) is 0 Å². The quantitative estimate of drug-likeness (QED) is 0.574. The normalized spacial score (nSPS) is 16.0. The summed E-state index contributed by atoms with van der Waals surface area (Å²) in [5, 5.41) is 9.39. The molecule has 180 valence electrons. The second kappa shape index (κ2) is 10.6. The molecule has 0 bridgehead atoms. The topological polar surface area (TPSA) is 99.6 Å². The second-order valence-electron chi connectivity index (χ2n) is 8.85. The van der Waals surface area contributed by atoms with Gasteiger partial charge in [-0.3, -0.25) is 9.52 Å². The number of halogens is 1. The molecule has 0 aliphatic carbocycles. The molecular weight excluding hydrogens is 445 g/mol. The monoisotopic (exact) mass is 477 g/mol. The van der Waals surface area contributed by atoms with E-state index in [1.807, 2.05) is 19.1 Å². The second-order valence-corrected chi connectivity index (χ2v) is 10.6. The summed E-state index contributed by atoms with van der Waals surface area (Å²) < 4.78 is 39.1. The van der Waals surface area contributed by atoms with Gasteiger partial charge in [-0.2, -0.15) is 0 Å². The van der Waals surface area contributed by atoms with Gasteiger partial charge in [0.15, 0.2) is 0 Å². The Morgan fingerprint density at radius 2 is 1.97 bits per heavy atom. The van der Waals surface area contributed by atoms with Crippen molar-refractivity contribution >= 4 is 27.3 Å². The molecule has 1 aromatic heterocycles. The predicted octanol–water partition coefficient (Wildman–Crippen LogP) is 3.41. The van der Waals surface area contributed by atoms with Crippen LogP contribution in [0.5, 0.6) is 0 Å². The lowest BCUT2D eigenvalue weighted by Gasteiger charge is -2.33. The largest absolute Gasteiger partial charge is 0.396 e. The number of aromatic nitrogens is 1. The number of ketones is 1. The average molecular weight is 478 g/mol. The number of Topliss-reactive ketones (excluding diaryl/α,β-unsaturated/α-hetero) is 1. The number of carbonyl (C=O) groups excluding carboxylic acids is 1. The molecule has 1 aliphatic heterocycles. The summed E-state index contributed by atoms with van der Waals surface area (Å²) in [7, 11) is -3.59. The van der Waals surface area contributed by atoms with Crippen molar-refractivity contribution in [3.63, 3.8) is 0 Å². The van der Waals surface area contributed by atoms with Gasteiger partial charge < -0.3 is 10.0 Å². The minimum Gasteiger partial charge on any atom is -0.396 e. The highest BCUT2D eigenvalue weighted by atomic mass is 32.2. The zero-order valence-electron chi connectivity index (χ0n) is 19.3. The van der Waals surface area contributed by atoms with E-state index in [0.29, 0.717) is 17.9 Å². The summed E-state index contributed by atoms with van der Waals surface area (Å²) in [6, 6.07) is 8.08. The molecule has 1 aliphatic rings. The van der Waals surface area contributed by atoms with Crippen LogP contribution in [0.15, 0.2) is 30.3 Å². The van der Waals surface area contributed by atoms with Crippen LogP contribution in [0, 0.1) is 18.7 Å². The molecule has 2 heterocycles. The molecule has 0 radical (unpaired) electrons.